The van der Waals surface area contributed by atoms with E-state index in [9.17, 15) is 18.3 Å². The number of amides is 1. The molecule has 1 saturated heterocycles. The summed E-state index contributed by atoms with van der Waals surface area (Å²) in [6.45, 7) is 1.89. The Kier molecular flexibility index (Phi) is 4.65. The molecule has 0 aromatic heterocycles. The second-order valence-electron chi connectivity index (χ2n) is 7.03. The molecule has 0 atom stereocenters. The van der Waals surface area contributed by atoms with Crippen molar-refractivity contribution < 1.29 is 18.3 Å². The zero-order chi connectivity index (χ0) is 19.0. The van der Waals surface area contributed by atoms with Crippen molar-refractivity contribution in [2.24, 2.45) is 0 Å². The second-order valence-corrected chi connectivity index (χ2v) is 8.94. The average molecular weight is 386 g/mol. The molecule has 0 bridgehead atoms. The molecule has 2 aliphatic heterocycles. The molecule has 1 fully saturated rings. The monoisotopic (exact) mass is 386 g/mol. The lowest BCUT2D eigenvalue weighted by Crippen LogP contribution is -2.37. The summed E-state index contributed by atoms with van der Waals surface area (Å²) in [5, 5.41) is 9.63. The summed E-state index contributed by atoms with van der Waals surface area (Å²) < 4.78 is 27.7. The molecule has 2 aromatic carbocycles. The van der Waals surface area contributed by atoms with Crippen molar-refractivity contribution in [1.29, 1.82) is 0 Å². The molecule has 0 radical (unpaired) electrons. The highest BCUT2D eigenvalue weighted by atomic mass is 32.2. The molecule has 0 unspecified atom stereocenters. The van der Waals surface area contributed by atoms with Crippen molar-refractivity contribution in [3.05, 3.63) is 59.2 Å². The lowest BCUT2D eigenvalue weighted by Gasteiger charge is -2.31. The number of rotatable bonds is 3. The quantitative estimate of drug-likeness (QED) is 0.879. The van der Waals surface area contributed by atoms with Gasteiger partial charge in [0.2, 0.25) is 10.0 Å². The Hall–Kier alpha value is -2.38. The van der Waals surface area contributed by atoms with Crippen LogP contribution in [-0.2, 0) is 23.0 Å². The van der Waals surface area contributed by atoms with Gasteiger partial charge in [-0.05, 0) is 54.7 Å². The second kappa shape index (κ2) is 6.98. The van der Waals surface area contributed by atoms with E-state index in [1.807, 2.05) is 6.07 Å². The fourth-order valence-electron chi connectivity index (χ4n) is 3.85. The first-order chi connectivity index (χ1) is 13.0. The van der Waals surface area contributed by atoms with Crippen LogP contribution in [0, 0.1) is 0 Å². The largest absolute Gasteiger partial charge is 0.508 e. The topological polar surface area (TPSA) is 77.9 Å². The molecule has 7 heteroatoms. The third-order valence-electron chi connectivity index (χ3n) is 5.29. The van der Waals surface area contributed by atoms with Crippen LogP contribution in [0.1, 0.15) is 34.3 Å². The summed E-state index contributed by atoms with van der Waals surface area (Å²) in [6.07, 6.45) is 2.38. The fraction of sp³-hybridized carbons (Fsp3) is 0.350. The Balaban J connectivity index is 1.67. The molecule has 0 spiro atoms. The van der Waals surface area contributed by atoms with E-state index in [2.05, 4.69) is 0 Å². The Morgan fingerprint density at radius 2 is 1.74 bits per heavy atom. The van der Waals surface area contributed by atoms with Crippen LogP contribution in [0.25, 0.3) is 0 Å². The molecule has 0 saturated carbocycles. The lowest BCUT2D eigenvalue weighted by molar-refractivity contribution is 0.0732. The van der Waals surface area contributed by atoms with Gasteiger partial charge in [0.1, 0.15) is 5.75 Å². The van der Waals surface area contributed by atoms with Gasteiger partial charge in [-0.3, -0.25) is 4.79 Å². The summed E-state index contributed by atoms with van der Waals surface area (Å²) in [5.74, 6) is -0.166. The van der Waals surface area contributed by atoms with Crippen molar-refractivity contribution in [3.63, 3.8) is 0 Å². The Bertz CT molecular complexity index is 981. The molecule has 2 aromatic rings. The van der Waals surface area contributed by atoms with Crippen LogP contribution in [0.5, 0.6) is 5.75 Å². The van der Waals surface area contributed by atoms with Gasteiger partial charge in [0, 0.05) is 31.7 Å². The zero-order valence-corrected chi connectivity index (χ0v) is 15.8. The number of benzene rings is 2. The molecule has 1 amide bonds. The molecular weight excluding hydrogens is 364 g/mol. The predicted octanol–water partition coefficient (Wildman–Crippen LogP) is 2.38. The Labute approximate surface area is 159 Å². The van der Waals surface area contributed by atoms with E-state index < -0.39 is 10.0 Å². The first-order valence-electron chi connectivity index (χ1n) is 9.16. The fourth-order valence-corrected chi connectivity index (χ4v) is 5.63. The summed E-state index contributed by atoms with van der Waals surface area (Å²) in [4.78, 5) is 14.8. The summed E-state index contributed by atoms with van der Waals surface area (Å²) in [5.41, 5.74) is 2.10. The van der Waals surface area contributed by atoms with E-state index in [4.69, 9.17) is 0 Å². The number of hydrogen-bond acceptors (Lipinski definition) is 4. The van der Waals surface area contributed by atoms with Crippen molar-refractivity contribution in [3.8, 4) is 5.75 Å². The normalized spacial score (nSPS) is 17.7. The number of aromatic hydroxyl groups is 1. The van der Waals surface area contributed by atoms with Crippen LogP contribution in [0.2, 0.25) is 0 Å². The first kappa shape index (κ1) is 18.0. The Morgan fingerprint density at radius 3 is 2.48 bits per heavy atom. The summed E-state index contributed by atoms with van der Waals surface area (Å²) in [6, 6.07) is 11.6. The molecule has 0 aliphatic carbocycles. The van der Waals surface area contributed by atoms with Crippen molar-refractivity contribution >= 4 is 15.9 Å². The SMILES string of the molecule is O=C(c1cccc(O)c1)N1CCc2cccc(S(=O)(=O)N3CCCC3)c2C1. The van der Waals surface area contributed by atoms with Gasteiger partial charge in [0.15, 0.2) is 0 Å². The highest BCUT2D eigenvalue weighted by Gasteiger charge is 2.32. The number of hydrogen-bond donors (Lipinski definition) is 1. The zero-order valence-electron chi connectivity index (χ0n) is 15.0. The molecule has 2 aliphatic rings. The summed E-state index contributed by atoms with van der Waals surface area (Å²) >= 11 is 0. The molecule has 27 heavy (non-hydrogen) atoms. The molecule has 1 N–H and O–H groups in total. The predicted molar refractivity (Wildman–Crippen MR) is 101 cm³/mol. The van der Waals surface area contributed by atoms with Crippen molar-refractivity contribution in [2.75, 3.05) is 19.6 Å². The van der Waals surface area contributed by atoms with E-state index in [0.29, 0.717) is 42.1 Å². The molecular formula is C20H22N2O4S. The van der Waals surface area contributed by atoms with E-state index in [-0.39, 0.29) is 18.2 Å². The number of phenols is 1. The van der Waals surface area contributed by atoms with Gasteiger partial charge in [0.25, 0.3) is 5.91 Å². The highest BCUT2D eigenvalue weighted by molar-refractivity contribution is 7.89. The minimum atomic E-state index is -3.55. The maximum absolute atomic E-state index is 13.1. The molecule has 4 rings (SSSR count). The van der Waals surface area contributed by atoms with Gasteiger partial charge in [-0.2, -0.15) is 4.31 Å². The van der Waals surface area contributed by atoms with Gasteiger partial charge >= 0.3 is 0 Å². The number of fused-ring (bicyclic) bond motifs is 1. The number of nitrogens with zero attached hydrogens (tertiary/aromatic N) is 2. The van der Waals surface area contributed by atoms with E-state index in [1.54, 1.807) is 33.5 Å². The maximum atomic E-state index is 13.1. The first-order valence-corrected chi connectivity index (χ1v) is 10.6. The van der Waals surface area contributed by atoms with Crippen LogP contribution < -0.4 is 0 Å². The van der Waals surface area contributed by atoms with Crippen LogP contribution >= 0.6 is 0 Å². The minimum absolute atomic E-state index is 0.0376. The van der Waals surface area contributed by atoms with Crippen LogP contribution in [0.4, 0.5) is 0 Å². The van der Waals surface area contributed by atoms with Crippen molar-refractivity contribution in [2.45, 2.75) is 30.7 Å². The van der Waals surface area contributed by atoms with E-state index in [0.717, 1.165) is 18.4 Å². The standard InChI is InChI=1S/C20H22N2O4S/c23-17-7-3-6-16(13-17)20(24)21-12-9-15-5-4-8-19(18(15)14-21)27(25,26)22-10-1-2-11-22/h3-8,13,23H,1-2,9-12,14H2. The molecule has 2 heterocycles. The number of carbonyl (C=O) groups is 1. The highest BCUT2D eigenvalue weighted by Crippen LogP contribution is 2.30. The van der Waals surface area contributed by atoms with Crippen LogP contribution in [0.15, 0.2) is 47.4 Å². The van der Waals surface area contributed by atoms with Crippen LogP contribution in [-0.4, -0.2) is 48.3 Å². The molecule has 142 valence electrons. The Morgan fingerprint density at radius 1 is 1.00 bits per heavy atom. The van der Waals surface area contributed by atoms with E-state index in [1.165, 1.54) is 12.1 Å². The minimum Gasteiger partial charge on any atom is -0.508 e. The van der Waals surface area contributed by atoms with Gasteiger partial charge < -0.3 is 10.0 Å². The third kappa shape index (κ3) is 3.33. The van der Waals surface area contributed by atoms with Gasteiger partial charge in [-0.1, -0.05) is 18.2 Å². The number of phenolic OH excluding ortho intramolecular Hbond substituents is 1. The van der Waals surface area contributed by atoms with Crippen LogP contribution in [0.3, 0.4) is 0 Å². The number of sulfonamides is 1. The van der Waals surface area contributed by atoms with Crippen molar-refractivity contribution in [1.82, 2.24) is 9.21 Å². The maximum Gasteiger partial charge on any atom is 0.254 e. The lowest BCUT2D eigenvalue weighted by atomic mass is 9.99. The third-order valence-corrected chi connectivity index (χ3v) is 7.28. The van der Waals surface area contributed by atoms with Gasteiger partial charge in [-0.15, -0.1) is 0 Å². The van der Waals surface area contributed by atoms with Gasteiger partial charge in [-0.25, -0.2) is 8.42 Å². The average Bonchev–Trinajstić information content (AvgIpc) is 3.22. The van der Waals surface area contributed by atoms with Gasteiger partial charge in [0.05, 0.1) is 4.90 Å². The smallest absolute Gasteiger partial charge is 0.254 e. The summed E-state index contributed by atoms with van der Waals surface area (Å²) in [7, 11) is -3.55. The molecule has 6 nitrogen and oxygen atoms in total. The van der Waals surface area contributed by atoms with E-state index >= 15 is 0 Å². The number of carbonyl (C=O) groups excluding carboxylic acids is 1.